The standard InChI is InChI=1S/C20H25NO3/c1-2-9-18(19(22)20(23)24)21(14-16-10-5-3-6-11-16)15-17-12-7-4-8-13-17/h3-8,10-13,18-19,22H,2,9,14-15H2,1H3,(H,23,24)/t18-,19-/m0/s1. The van der Waals surface area contributed by atoms with Gasteiger partial charge in [-0.3, -0.25) is 4.90 Å². The van der Waals surface area contributed by atoms with E-state index in [0.29, 0.717) is 19.5 Å². The molecule has 0 aromatic heterocycles. The van der Waals surface area contributed by atoms with Crippen LogP contribution in [-0.4, -0.2) is 33.2 Å². The lowest BCUT2D eigenvalue weighted by molar-refractivity contribution is -0.151. The molecule has 4 nitrogen and oxygen atoms in total. The molecule has 0 heterocycles. The molecular weight excluding hydrogens is 302 g/mol. The maximum absolute atomic E-state index is 11.3. The topological polar surface area (TPSA) is 60.8 Å². The van der Waals surface area contributed by atoms with Crippen LogP contribution in [0.4, 0.5) is 0 Å². The lowest BCUT2D eigenvalue weighted by Gasteiger charge is -2.33. The zero-order valence-electron chi connectivity index (χ0n) is 14.0. The number of aliphatic hydroxyl groups is 1. The lowest BCUT2D eigenvalue weighted by Crippen LogP contribution is -2.46. The van der Waals surface area contributed by atoms with Gasteiger partial charge in [0.25, 0.3) is 0 Å². The lowest BCUT2D eigenvalue weighted by atomic mass is 10.0. The van der Waals surface area contributed by atoms with Crippen LogP contribution < -0.4 is 0 Å². The average Bonchev–Trinajstić information content (AvgIpc) is 2.60. The van der Waals surface area contributed by atoms with Gasteiger partial charge in [0.05, 0.1) is 0 Å². The van der Waals surface area contributed by atoms with E-state index in [2.05, 4.69) is 4.90 Å². The van der Waals surface area contributed by atoms with Gasteiger partial charge in [-0.15, -0.1) is 0 Å². The number of nitrogens with zero attached hydrogens (tertiary/aromatic N) is 1. The molecule has 24 heavy (non-hydrogen) atoms. The Kier molecular flexibility index (Phi) is 6.97. The normalized spacial score (nSPS) is 13.6. The Morgan fingerprint density at radius 2 is 1.42 bits per heavy atom. The Hall–Kier alpha value is -2.17. The van der Waals surface area contributed by atoms with E-state index in [1.165, 1.54) is 0 Å². The molecule has 0 saturated heterocycles. The number of hydrogen-bond acceptors (Lipinski definition) is 3. The highest BCUT2D eigenvalue weighted by Gasteiger charge is 2.30. The summed E-state index contributed by atoms with van der Waals surface area (Å²) in [4.78, 5) is 13.4. The molecule has 2 aromatic rings. The van der Waals surface area contributed by atoms with Crippen LogP contribution in [0.15, 0.2) is 60.7 Å². The van der Waals surface area contributed by atoms with Gasteiger partial charge >= 0.3 is 5.97 Å². The van der Waals surface area contributed by atoms with Gasteiger partial charge in [-0.25, -0.2) is 4.79 Å². The molecule has 0 bridgehead atoms. The quantitative estimate of drug-likeness (QED) is 0.742. The fourth-order valence-corrected chi connectivity index (χ4v) is 2.93. The second kappa shape index (κ2) is 9.21. The van der Waals surface area contributed by atoms with Gasteiger partial charge in [-0.1, -0.05) is 74.0 Å². The summed E-state index contributed by atoms with van der Waals surface area (Å²) in [6.07, 6.45) is 0.0553. The molecule has 2 atom stereocenters. The third-order valence-electron chi connectivity index (χ3n) is 4.13. The summed E-state index contributed by atoms with van der Waals surface area (Å²) in [6.45, 7) is 3.21. The summed E-state index contributed by atoms with van der Waals surface area (Å²) in [5.74, 6) is -1.17. The maximum atomic E-state index is 11.3. The SMILES string of the molecule is CCC[C@@H]([C@H](O)C(=O)O)N(Cc1ccccc1)Cc1ccccc1. The van der Waals surface area contributed by atoms with E-state index in [9.17, 15) is 15.0 Å². The van der Waals surface area contributed by atoms with Crippen LogP contribution in [0.5, 0.6) is 0 Å². The molecule has 0 unspecified atom stereocenters. The number of benzene rings is 2. The predicted molar refractivity (Wildman–Crippen MR) is 94.5 cm³/mol. The van der Waals surface area contributed by atoms with E-state index in [1.54, 1.807) is 0 Å². The summed E-state index contributed by atoms with van der Waals surface area (Å²) < 4.78 is 0. The number of aliphatic carboxylic acids is 1. The Morgan fingerprint density at radius 3 is 1.79 bits per heavy atom. The van der Waals surface area contributed by atoms with Crippen molar-refractivity contribution in [1.29, 1.82) is 0 Å². The largest absolute Gasteiger partial charge is 0.479 e. The van der Waals surface area contributed by atoms with Crippen LogP contribution in [-0.2, 0) is 17.9 Å². The third-order valence-corrected chi connectivity index (χ3v) is 4.13. The number of rotatable bonds is 9. The first kappa shape index (κ1) is 18.2. The average molecular weight is 327 g/mol. The molecule has 0 amide bonds. The maximum Gasteiger partial charge on any atom is 0.334 e. The molecule has 128 valence electrons. The van der Waals surface area contributed by atoms with E-state index in [4.69, 9.17) is 0 Å². The molecule has 0 spiro atoms. The van der Waals surface area contributed by atoms with Crippen molar-refractivity contribution in [3.63, 3.8) is 0 Å². The van der Waals surface area contributed by atoms with Crippen LogP contribution >= 0.6 is 0 Å². The van der Waals surface area contributed by atoms with Crippen molar-refractivity contribution in [2.75, 3.05) is 0 Å². The number of carboxylic acid groups (broad SMARTS) is 1. The highest BCUT2D eigenvalue weighted by Crippen LogP contribution is 2.19. The van der Waals surface area contributed by atoms with E-state index in [0.717, 1.165) is 17.5 Å². The molecule has 0 fully saturated rings. The zero-order chi connectivity index (χ0) is 17.4. The molecule has 0 aliphatic rings. The number of carbonyl (C=O) groups is 1. The van der Waals surface area contributed by atoms with Crippen molar-refractivity contribution >= 4 is 5.97 Å². The smallest absolute Gasteiger partial charge is 0.334 e. The number of hydrogen-bond donors (Lipinski definition) is 2. The van der Waals surface area contributed by atoms with Gasteiger partial charge in [0.2, 0.25) is 0 Å². The summed E-state index contributed by atoms with van der Waals surface area (Å²) >= 11 is 0. The summed E-state index contributed by atoms with van der Waals surface area (Å²) in [7, 11) is 0. The highest BCUT2D eigenvalue weighted by molar-refractivity contribution is 5.72. The van der Waals surface area contributed by atoms with E-state index < -0.39 is 18.1 Å². The van der Waals surface area contributed by atoms with E-state index in [1.807, 2.05) is 67.6 Å². The number of aliphatic hydroxyl groups excluding tert-OH is 1. The Balaban J connectivity index is 2.26. The Bertz CT molecular complexity index is 574. The molecular formula is C20H25NO3. The first-order valence-electron chi connectivity index (χ1n) is 8.34. The van der Waals surface area contributed by atoms with Crippen molar-refractivity contribution in [3.8, 4) is 0 Å². The Morgan fingerprint density at radius 1 is 0.958 bits per heavy atom. The van der Waals surface area contributed by atoms with Gasteiger partial charge < -0.3 is 10.2 Å². The van der Waals surface area contributed by atoms with Gasteiger partial charge in [-0.05, 0) is 17.5 Å². The van der Waals surface area contributed by atoms with E-state index >= 15 is 0 Å². The first-order valence-corrected chi connectivity index (χ1v) is 8.34. The van der Waals surface area contributed by atoms with Crippen LogP contribution in [0, 0.1) is 0 Å². The zero-order valence-corrected chi connectivity index (χ0v) is 14.0. The van der Waals surface area contributed by atoms with Gasteiger partial charge in [-0.2, -0.15) is 0 Å². The van der Waals surface area contributed by atoms with Crippen LogP contribution in [0.3, 0.4) is 0 Å². The predicted octanol–water partition coefficient (Wildman–Crippen LogP) is 3.30. The van der Waals surface area contributed by atoms with Gasteiger partial charge in [0, 0.05) is 19.1 Å². The van der Waals surface area contributed by atoms with Crippen LogP contribution in [0.1, 0.15) is 30.9 Å². The molecule has 2 aromatic carbocycles. The van der Waals surface area contributed by atoms with Crippen LogP contribution in [0.25, 0.3) is 0 Å². The molecule has 0 saturated carbocycles. The summed E-state index contributed by atoms with van der Waals surface area (Å²) in [6, 6.07) is 19.5. The van der Waals surface area contributed by atoms with Crippen molar-refractivity contribution in [3.05, 3.63) is 71.8 Å². The minimum atomic E-state index is -1.39. The number of carboxylic acids is 1. The van der Waals surface area contributed by atoms with Crippen molar-refractivity contribution in [2.24, 2.45) is 0 Å². The monoisotopic (exact) mass is 327 g/mol. The molecule has 2 rings (SSSR count). The van der Waals surface area contributed by atoms with Crippen molar-refractivity contribution in [1.82, 2.24) is 4.90 Å². The first-order chi connectivity index (χ1) is 11.6. The second-order valence-electron chi connectivity index (χ2n) is 6.02. The molecule has 0 aliphatic carbocycles. The molecule has 2 N–H and O–H groups in total. The fourth-order valence-electron chi connectivity index (χ4n) is 2.93. The molecule has 4 heteroatoms. The van der Waals surface area contributed by atoms with Crippen molar-refractivity contribution < 1.29 is 15.0 Å². The Labute approximate surface area is 143 Å². The highest BCUT2D eigenvalue weighted by atomic mass is 16.4. The summed E-state index contributed by atoms with van der Waals surface area (Å²) in [5, 5.41) is 19.5. The van der Waals surface area contributed by atoms with Gasteiger partial charge in [0.1, 0.15) is 0 Å². The molecule has 0 radical (unpaired) electrons. The minimum absolute atomic E-state index is 0.423. The fraction of sp³-hybridized carbons (Fsp3) is 0.350. The molecule has 0 aliphatic heterocycles. The summed E-state index contributed by atoms with van der Waals surface area (Å²) in [5.41, 5.74) is 2.21. The van der Waals surface area contributed by atoms with Gasteiger partial charge in [0.15, 0.2) is 6.10 Å². The van der Waals surface area contributed by atoms with E-state index in [-0.39, 0.29) is 0 Å². The third kappa shape index (κ3) is 5.18. The minimum Gasteiger partial charge on any atom is -0.479 e. The van der Waals surface area contributed by atoms with Crippen LogP contribution in [0.2, 0.25) is 0 Å². The second-order valence-corrected chi connectivity index (χ2v) is 6.02. The van der Waals surface area contributed by atoms with Crippen molar-refractivity contribution in [2.45, 2.75) is 45.0 Å².